The Morgan fingerprint density at radius 1 is 1.13 bits per heavy atom. The standard InChI is InChI=1S/C13H19NO/c1-9(2)13(15)14-11(4)12-7-5-10(3)6-8-12/h5-9,11H,1-4H3,(H,14,15). The van der Waals surface area contributed by atoms with E-state index < -0.39 is 0 Å². The van der Waals surface area contributed by atoms with Crippen molar-refractivity contribution in [3.63, 3.8) is 0 Å². The average Bonchev–Trinajstić information content (AvgIpc) is 2.18. The summed E-state index contributed by atoms with van der Waals surface area (Å²) in [5, 5.41) is 2.98. The van der Waals surface area contributed by atoms with Crippen molar-refractivity contribution in [2.45, 2.75) is 33.7 Å². The molecule has 0 heterocycles. The number of carbonyl (C=O) groups excluding carboxylic acids is 1. The predicted molar refractivity (Wildman–Crippen MR) is 62.6 cm³/mol. The van der Waals surface area contributed by atoms with Crippen molar-refractivity contribution in [3.05, 3.63) is 35.4 Å². The fourth-order valence-electron chi connectivity index (χ4n) is 1.32. The highest BCUT2D eigenvalue weighted by atomic mass is 16.1. The van der Waals surface area contributed by atoms with Gasteiger partial charge in [0.2, 0.25) is 5.91 Å². The molecule has 0 saturated heterocycles. The first kappa shape index (κ1) is 11.8. The smallest absolute Gasteiger partial charge is 0.223 e. The van der Waals surface area contributed by atoms with E-state index in [0.717, 1.165) is 5.56 Å². The van der Waals surface area contributed by atoms with Gasteiger partial charge in [-0.05, 0) is 19.4 Å². The maximum absolute atomic E-state index is 11.5. The van der Waals surface area contributed by atoms with Crippen molar-refractivity contribution in [2.24, 2.45) is 5.92 Å². The summed E-state index contributed by atoms with van der Waals surface area (Å²) in [6, 6.07) is 8.32. The summed E-state index contributed by atoms with van der Waals surface area (Å²) in [5.41, 5.74) is 2.38. The number of aryl methyl sites for hydroxylation is 1. The van der Waals surface area contributed by atoms with Gasteiger partial charge in [-0.3, -0.25) is 4.79 Å². The molecular formula is C13H19NO. The topological polar surface area (TPSA) is 29.1 Å². The van der Waals surface area contributed by atoms with Gasteiger partial charge in [-0.25, -0.2) is 0 Å². The Kier molecular flexibility index (Phi) is 3.89. The van der Waals surface area contributed by atoms with Crippen LogP contribution in [0.15, 0.2) is 24.3 Å². The van der Waals surface area contributed by atoms with Gasteiger partial charge in [0, 0.05) is 5.92 Å². The average molecular weight is 205 g/mol. The summed E-state index contributed by atoms with van der Waals surface area (Å²) >= 11 is 0. The molecule has 0 bridgehead atoms. The monoisotopic (exact) mass is 205 g/mol. The van der Waals surface area contributed by atoms with Crippen molar-refractivity contribution >= 4 is 5.91 Å². The minimum atomic E-state index is 0.0397. The van der Waals surface area contributed by atoms with Gasteiger partial charge in [0.1, 0.15) is 0 Å². The lowest BCUT2D eigenvalue weighted by Crippen LogP contribution is -2.30. The second kappa shape index (κ2) is 4.96. The molecule has 0 saturated carbocycles. The first-order chi connectivity index (χ1) is 7.00. The van der Waals surface area contributed by atoms with Crippen LogP contribution in [0.3, 0.4) is 0 Å². The molecule has 0 aliphatic heterocycles. The third kappa shape index (κ3) is 3.39. The van der Waals surface area contributed by atoms with Crippen LogP contribution in [-0.2, 0) is 4.79 Å². The van der Waals surface area contributed by atoms with E-state index in [4.69, 9.17) is 0 Å². The van der Waals surface area contributed by atoms with Gasteiger partial charge < -0.3 is 5.32 Å². The lowest BCUT2D eigenvalue weighted by Gasteiger charge is -2.16. The van der Waals surface area contributed by atoms with Crippen LogP contribution in [0.2, 0.25) is 0 Å². The van der Waals surface area contributed by atoms with E-state index in [1.807, 2.05) is 20.8 Å². The summed E-state index contributed by atoms with van der Waals surface area (Å²) in [4.78, 5) is 11.5. The first-order valence-electron chi connectivity index (χ1n) is 5.37. The number of amides is 1. The quantitative estimate of drug-likeness (QED) is 0.807. The molecule has 1 aromatic carbocycles. The van der Waals surface area contributed by atoms with E-state index in [1.54, 1.807) is 0 Å². The normalized spacial score (nSPS) is 12.6. The van der Waals surface area contributed by atoms with Crippen LogP contribution in [0, 0.1) is 12.8 Å². The van der Waals surface area contributed by atoms with Crippen LogP contribution < -0.4 is 5.32 Å². The van der Waals surface area contributed by atoms with Gasteiger partial charge in [0.15, 0.2) is 0 Å². The number of hydrogen-bond donors (Lipinski definition) is 1. The zero-order valence-corrected chi connectivity index (χ0v) is 9.87. The highest BCUT2D eigenvalue weighted by molar-refractivity contribution is 5.78. The summed E-state index contributed by atoms with van der Waals surface area (Å²) in [6.45, 7) is 7.86. The summed E-state index contributed by atoms with van der Waals surface area (Å²) in [6.07, 6.45) is 0. The van der Waals surface area contributed by atoms with Crippen molar-refractivity contribution in [1.82, 2.24) is 5.32 Å². The molecule has 1 unspecified atom stereocenters. The molecule has 0 aliphatic rings. The van der Waals surface area contributed by atoms with Gasteiger partial charge in [-0.1, -0.05) is 43.7 Å². The largest absolute Gasteiger partial charge is 0.349 e. The molecule has 0 radical (unpaired) electrons. The predicted octanol–water partition coefficient (Wildman–Crippen LogP) is 2.83. The number of benzene rings is 1. The van der Waals surface area contributed by atoms with Gasteiger partial charge in [-0.2, -0.15) is 0 Å². The SMILES string of the molecule is Cc1ccc(C(C)NC(=O)C(C)C)cc1. The zero-order chi connectivity index (χ0) is 11.4. The van der Waals surface area contributed by atoms with Crippen LogP contribution in [0.4, 0.5) is 0 Å². The maximum Gasteiger partial charge on any atom is 0.223 e. The van der Waals surface area contributed by atoms with Crippen LogP contribution in [0.5, 0.6) is 0 Å². The van der Waals surface area contributed by atoms with Gasteiger partial charge >= 0.3 is 0 Å². The molecule has 2 nitrogen and oxygen atoms in total. The molecule has 0 aromatic heterocycles. The van der Waals surface area contributed by atoms with Crippen LogP contribution in [0.25, 0.3) is 0 Å². The number of rotatable bonds is 3. The highest BCUT2D eigenvalue weighted by Gasteiger charge is 2.11. The van der Waals surface area contributed by atoms with Crippen molar-refractivity contribution in [3.8, 4) is 0 Å². The second-order valence-electron chi connectivity index (χ2n) is 4.30. The lowest BCUT2D eigenvalue weighted by molar-refractivity contribution is -0.124. The minimum Gasteiger partial charge on any atom is -0.349 e. The Hall–Kier alpha value is -1.31. The van der Waals surface area contributed by atoms with Crippen LogP contribution >= 0.6 is 0 Å². The third-order valence-electron chi connectivity index (χ3n) is 2.46. The third-order valence-corrected chi connectivity index (χ3v) is 2.46. The Morgan fingerprint density at radius 2 is 1.67 bits per heavy atom. The lowest BCUT2D eigenvalue weighted by atomic mass is 10.1. The molecule has 0 spiro atoms. The van der Waals surface area contributed by atoms with Crippen molar-refractivity contribution < 1.29 is 4.79 Å². The summed E-state index contributed by atoms with van der Waals surface area (Å²) in [7, 11) is 0. The first-order valence-corrected chi connectivity index (χ1v) is 5.37. The second-order valence-corrected chi connectivity index (χ2v) is 4.30. The van der Waals surface area contributed by atoms with Crippen molar-refractivity contribution in [1.29, 1.82) is 0 Å². The highest BCUT2D eigenvalue weighted by Crippen LogP contribution is 2.13. The van der Waals surface area contributed by atoms with E-state index in [9.17, 15) is 4.79 Å². The Balaban J connectivity index is 2.65. The molecule has 1 rings (SSSR count). The van der Waals surface area contributed by atoms with Gasteiger partial charge in [0.25, 0.3) is 0 Å². The van der Waals surface area contributed by atoms with Gasteiger partial charge in [-0.15, -0.1) is 0 Å². The van der Waals surface area contributed by atoms with Crippen LogP contribution in [0.1, 0.15) is 37.9 Å². The van der Waals surface area contributed by atoms with Gasteiger partial charge in [0.05, 0.1) is 6.04 Å². The number of carbonyl (C=O) groups is 1. The Morgan fingerprint density at radius 3 is 2.13 bits per heavy atom. The van der Waals surface area contributed by atoms with Crippen molar-refractivity contribution in [2.75, 3.05) is 0 Å². The summed E-state index contributed by atoms with van der Waals surface area (Å²) < 4.78 is 0. The molecule has 2 heteroatoms. The zero-order valence-electron chi connectivity index (χ0n) is 9.87. The molecule has 1 N–H and O–H groups in total. The minimum absolute atomic E-state index is 0.0397. The molecular weight excluding hydrogens is 186 g/mol. The molecule has 1 aromatic rings. The molecule has 0 fully saturated rings. The number of nitrogens with one attached hydrogen (secondary N) is 1. The molecule has 15 heavy (non-hydrogen) atoms. The Labute approximate surface area is 91.7 Å². The summed E-state index contributed by atoms with van der Waals surface area (Å²) in [5.74, 6) is 0.140. The van der Waals surface area contributed by atoms with E-state index >= 15 is 0 Å². The number of hydrogen-bond acceptors (Lipinski definition) is 1. The van der Waals surface area contributed by atoms with Crippen LogP contribution in [-0.4, -0.2) is 5.91 Å². The maximum atomic E-state index is 11.5. The fourth-order valence-corrected chi connectivity index (χ4v) is 1.32. The van der Waals surface area contributed by atoms with E-state index in [2.05, 4.69) is 36.5 Å². The van der Waals surface area contributed by atoms with E-state index in [0.29, 0.717) is 0 Å². The Bertz CT molecular complexity index is 327. The molecule has 82 valence electrons. The molecule has 0 aliphatic carbocycles. The van der Waals surface area contributed by atoms with E-state index in [-0.39, 0.29) is 17.9 Å². The molecule has 1 amide bonds. The fraction of sp³-hybridized carbons (Fsp3) is 0.462. The van der Waals surface area contributed by atoms with E-state index in [1.165, 1.54) is 5.56 Å². The molecule has 1 atom stereocenters.